The summed E-state index contributed by atoms with van der Waals surface area (Å²) in [7, 11) is 0. The lowest BCUT2D eigenvalue weighted by molar-refractivity contribution is 0.249. The molecular weight excluding hydrogens is 434 g/mol. The summed E-state index contributed by atoms with van der Waals surface area (Å²) in [5.74, 6) is 1.01. The predicted octanol–water partition coefficient (Wildman–Crippen LogP) is 3.41. The van der Waals surface area contributed by atoms with E-state index >= 15 is 0 Å². The molecule has 0 unspecified atom stereocenters. The van der Waals surface area contributed by atoms with Crippen LogP contribution in [0.1, 0.15) is 11.1 Å². The lowest BCUT2D eigenvalue weighted by Gasteiger charge is -2.35. The van der Waals surface area contributed by atoms with Gasteiger partial charge in [-0.05, 0) is 36.1 Å². The summed E-state index contributed by atoms with van der Waals surface area (Å²) in [6, 6.07) is 12.0. The van der Waals surface area contributed by atoms with Crippen LogP contribution in [-0.2, 0) is 6.54 Å². The number of piperazine rings is 1. The molecule has 1 saturated heterocycles. The summed E-state index contributed by atoms with van der Waals surface area (Å²) in [4.78, 5) is 13.9. The van der Waals surface area contributed by atoms with Crippen molar-refractivity contribution in [2.24, 2.45) is 0 Å². The molecule has 0 aromatic carbocycles. The van der Waals surface area contributed by atoms with E-state index in [0.717, 1.165) is 54.7 Å². The van der Waals surface area contributed by atoms with E-state index in [0.29, 0.717) is 11.1 Å². The summed E-state index contributed by atoms with van der Waals surface area (Å²) in [5.41, 5.74) is 3.92. The molecule has 1 N–H and O–H groups in total. The summed E-state index contributed by atoms with van der Waals surface area (Å²) < 4.78 is 1.53. The van der Waals surface area contributed by atoms with Gasteiger partial charge in [-0.3, -0.25) is 4.90 Å². The quantitative estimate of drug-likeness (QED) is 0.456. The fraction of sp³-hybridized carbons (Fsp3) is 0.250. The van der Waals surface area contributed by atoms with Crippen LogP contribution in [0.5, 0.6) is 5.75 Å². The van der Waals surface area contributed by atoms with Crippen LogP contribution >= 0.6 is 11.8 Å². The number of aromatic nitrogens is 4. The SMILES string of the molecule is CSc1ccc(CN2CCN(c3ccc(-c4cc(O)cn5ncc(C#N)c45)cn3)CC2)cn1. The summed E-state index contributed by atoms with van der Waals surface area (Å²) in [5, 5.41) is 24.7. The number of aromatic hydroxyl groups is 1. The van der Waals surface area contributed by atoms with E-state index in [9.17, 15) is 10.4 Å². The standard InChI is InChI=1S/C24H23N7OS/c1-33-23-5-2-17(12-27-23)15-29-6-8-30(9-7-29)22-4-3-18(13-26-22)21-10-20(32)16-31-24(21)19(11-25)14-28-31/h2-5,10,12-14,16,32H,6-9,15H2,1H3. The Bertz CT molecular complexity index is 1300. The highest BCUT2D eigenvalue weighted by Gasteiger charge is 2.19. The monoisotopic (exact) mass is 457 g/mol. The third-order valence-electron chi connectivity index (χ3n) is 5.89. The molecule has 4 aromatic heterocycles. The van der Waals surface area contributed by atoms with Gasteiger partial charge < -0.3 is 10.0 Å². The number of pyridine rings is 3. The van der Waals surface area contributed by atoms with Crippen LogP contribution in [0.2, 0.25) is 0 Å². The molecule has 5 rings (SSSR count). The van der Waals surface area contributed by atoms with Gasteiger partial charge in [0.25, 0.3) is 0 Å². The van der Waals surface area contributed by atoms with Crippen molar-refractivity contribution in [2.75, 3.05) is 37.3 Å². The van der Waals surface area contributed by atoms with Gasteiger partial charge in [-0.1, -0.05) is 6.07 Å². The van der Waals surface area contributed by atoms with Crippen molar-refractivity contribution in [3.05, 3.63) is 66.2 Å². The number of nitriles is 1. The molecule has 0 bridgehead atoms. The predicted molar refractivity (Wildman–Crippen MR) is 128 cm³/mol. The first kappa shape index (κ1) is 21.2. The minimum Gasteiger partial charge on any atom is -0.506 e. The number of hydrogen-bond acceptors (Lipinski definition) is 8. The first-order valence-corrected chi connectivity index (χ1v) is 11.9. The van der Waals surface area contributed by atoms with E-state index < -0.39 is 0 Å². The van der Waals surface area contributed by atoms with Crippen molar-refractivity contribution in [1.82, 2.24) is 24.5 Å². The van der Waals surface area contributed by atoms with E-state index in [1.165, 1.54) is 22.5 Å². The molecule has 0 atom stereocenters. The van der Waals surface area contributed by atoms with E-state index in [2.05, 4.69) is 43.1 Å². The molecule has 1 aliphatic rings. The molecule has 0 radical (unpaired) electrons. The highest BCUT2D eigenvalue weighted by atomic mass is 32.2. The first-order chi connectivity index (χ1) is 16.1. The van der Waals surface area contributed by atoms with E-state index in [1.807, 2.05) is 24.6 Å². The molecule has 33 heavy (non-hydrogen) atoms. The molecule has 166 valence electrons. The Hall–Kier alpha value is -3.61. The molecule has 8 nitrogen and oxygen atoms in total. The smallest absolute Gasteiger partial charge is 0.134 e. The summed E-state index contributed by atoms with van der Waals surface area (Å²) in [6.45, 7) is 4.63. The molecule has 0 spiro atoms. The molecular formula is C24H23N7OS. The number of thioether (sulfide) groups is 1. The van der Waals surface area contributed by atoms with Gasteiger partial charge in [-0.25, -0.2) is 14.5 Å². The molecule has 5 heterocycles. The van der Waals surface area contributed by atoms with Crippen molar-refractivity contribution in [2.45, 2.75) is 11.6 Å². The van der Waals surface area contributed by atoms with E-state index in [1.54, 1.807) is 24.0 Å². The molecule has 4 aromatic rings. The molecule has 9 heteroatoms. The van der Waals surface area contributed by atoms with Crippen molar-refractivity contribution < 1.29 is 5.11 Å². The second-order valence-corrected chi connectivity index (χ2v) is 8.78. The Labute approximate surface area is 196 Å². The van der Waals surface area contributed by atoms with Crippen molar-refractivity contribution in [1.29, 1.82) is 5.26 Å². The zero-order valence-electron chi connectivity index (χ0n) is 18.2. The van der Waals surface area contributed by atoms with Crippen LogP contribution < -0.4 is 4.90 Å². The van der Waals surface area contributed by atoms with Gasteiger partial charge in [0.1, 0.15) is 17.6 Å². The molecule has 0 amide bonds. The minimum absolute atomic E-state index is 0.0866. The van der Waals surface area contributed by atoms with Crippen molar-refractivity contribution in [3.63, 3.8) is 0 Å². The van der Waals surface area contributed by atoms with Crippen molar-refractivity contribution >= 4 is 23.1 Å². The number of hydrogen-bond donors (Lipinski definition) is 1. The molecule has 1 aliphatic heterocycles. The maximum absolute atomic E-state index is 10.1. The lowest BCUT2D eigenvalue weighted by atomic mass is 10.1. The molecule has 0 aliphatic carbocycles. The number of nitrogens with zero attached hydrogens (tertiary/aromatic N) is 7. The van der Waals surface area contributed by atoms with Gasteiger partial charge in [0.2, 0.25) is 0 Å². The average molecular weight is 458 g/mol. The Morgan fingerprint density at radius 3 is 2.58 bits per heavy atom. The molecule has 0 saturated carbocycles. The maximum atomic E-state index is 10.1. The minimum atomic E-state index is 0.0866. The Kier molecular flexibility index (Phi) is 5.86. The van der Waals surface area contributed by atoms with Gasteiger partial charge in [0.15, 0.2) is 0 Å². The van der Waals surface area contributed by atoms with Crippen LogP contribution in [-0.4, -0.2) is 62.0 Å². The van der Waals surface area contributed by atoms with E-state index in [4.69, 9.17) is 0 Å². The van der Waals surface area contributed by atoms with Gasteiger partial charge in [-0.15, -0.1) is 11.8 Å². The van der Waals surface area contributed by atoms with Crippen molar-refractivity contribution in [3.8, 4) is 22.9 Å². The average Bonchev–Trinajstić information content (AvgIpc) is 3.27. The van der Waals surface area contributed by atoms with Crippen LogP contribution in [0.15, 0.2) is 60.1 Å². The first-order valence-electron chi connectivity index (χ1n) is 10.7. The van der Waals surface area contributed by atoms with Gasteiger partial charge in [-0.2, -0.15) is 10.4 Å². The summed E-state index contributed by atoms with van der Waals surface area (Å²) >= 11 is 1.66. The molecule has 1 fully saturated rings. The number of fused-ring (bicyclic) bond motifs is 1. The third kappa shape index (κ3) is 4.35. The Morgan fingerprint density at radius 1 is 1.06 bits per heavy atom. The van der Waals surface area contributed by atoms with E-state index in [-0.39, 0.29) is 5.75 Å². The van der Waals surface area contributed by atoms with Gasteiger partial charge in [0.05, 0.1) is 28.5 Å². The van der Waals surface area contributed by atoms with Gasteiger partial charge >= 0.3 is 0 Å². The lowest BCUT2D eigenvalue weighted by Crippen LogP contribution is -2.46. The normalized spacial score (nSPS) is 14.5. The maximum Gasteiger partial charge on any atom is 0.134 e. The zero-order chi connectivity index (χ0) is 22.8. The van der Waals surface area contributed by atoms with Crippen LogP contribution in [0.4, 0.5) is 5.82 Å². The zero-order valence-corrected chi connectivity index (χ0v) is 19.0. The highest BCUT2D eigenvalue weighted by Crippen LogP contribution is 2.31. The third-order valence-corrected chi connectivity index (χ3v) is 6.55. The second-order valence-electron chi connectivity index (χ2n) is 7.95. The number of rotatable bonds is 5. The Balaban J connectivity index is 1.28. The van der Waals surface area contributed by atoms with Crippen LogP contribution in [0.3, 0.4) is 0 Å². The summed E-state index contributed by atoms with van der Waals surface area (Å²) in [6.07, 6.45) is 8.80. The van der Waals surface area contributed by atoms with Crippen LogP contribution in [0, 0.1) is 11.3 Å². The Morgan fingerprint density at radius 2 is 1.91 bits per heavy atom. The topological polar surface area (TPSA) is 93.6 Å². The number of anilines is 1. The fourth-order valence-corrected chi connectivity index (χ4v) is 4.52. The van der Waals surface area contributed by atoms with Crippen LogP contribution in [0.25, 0.3) is 16.6 Å². The fourth-order valence-electron chi connectivity index (χ4n) is 4.16. The largest absolute Gasteiger partial charge is 0.506 e. The second kappa shape index (κ2) is 9.10. The highest BCUT2D eigenvalue weighted by molar-refractivity contribution is 7.98. The van der Waals surface area contributed by atoms with Gasteiger partial charge in [0, 0.05) is 56.2 Å².